The first kappa shape index (κ1) is 21.8. The third-order valence-corrected chi connectivity index (χ3v) is 4.73. The lowest BCUT2D eigenvalue weighted by molar-refractivity contribution is 0.0472. The van der Waals surface area contributed by atoms with Crippen LogP contribution in [0.15, 0.2) is 103 Å². The highest BCUT2D eigenvalue weighted by Gasteiger charge is 2.17. The van der Waals surface area contributed by atoms with Crippen LogP contribution in [0.1, 0.15) is 31.8 Å². The van der Waals surface area contributed by atoms with Gasteiger partial charge in [0.2, 0.25) is 0 Å². The Labute approximate surface area is 191 Å². The molecule has 1 heterocycles. The molecule has 4 rings (SSSR count). The number of hydrogen-bond donors (Lipinski definition) is 0. The summed E-state index contributed by atoms with van der Waals surface area (Å²) in [7, 11) is 0. The largest absolute Gasteiger partial charge is 0.485 e. The Morgan fingerprint density at radius 1 is 0.667 bits per heavy atom. The summed E-state index contributed by atoms with van der Waals surface area (Å²) < 4.78 is 16.9. The van der Waals surface area contributed by atoms with Crippen LogP contribution < -0.4 is 9.47 Å². The van der Waals surface area contributed by atoms with Gasteiger partial charge in [0.15, 0.2) is 11.5 Å². The normalized spacial score (nSPS) is 10.3. The van der Waals surface area contributed by atoms with Crippen LogP contribution in [0.25, 0.3) is 0 Å². The van der Waals surface area contributed by atoms with Crippen LogP contribution in [0.5, 0.6) is 11.5 Å². The number of aromatic nitrogens is 1. The summed E-state index contributed by atoms with van der Waals surface area (Å²) in [5.74, 6) is -0.634. The second-order valence-electron chi connectivity index (χ2n) is 7.13. The van der Waals surface area contributed by atoms with Crippen molar-refractivity contribution in [3.05, 3.63) is 126 Å². The number of pyridine rings is 1. The highest BCUT2D eigenvalue weighted by molar-refractivity contribution is 5.92. The predicted octanol–water partition coefficient (Wildman–Crippen LogP) is 5.24. The van der Waals surface area contributed by atoms with Gasteiger partial charge in [0.25, 0.3) is 0 Å². The van der Waals surface area contributed by atoms with E-state index in [1.807, 2.05) is 60.7 Å². The quantitative estimate of drug-likeness (QED) is 0.276. The number of rotatable bonds is 8. The zero-order valence-corrected chi connectivity index (χ0v) is 17.7. The van der Waals surface area contributed by atoms with Crippen molar-refractivity contribution in [1.82, 2.24) is 4.98 Å². The molecule has 0 atom stereocenters. The topological polar surface area (TPSA) is 74.7 Å². The smallest absolute Gasteiger partial charge is 0.345 e. The van der Waals surface area contributed by atoms with E-state index >= 15 is 0 Å². The molecule has 164 valence electrons. The molecule has 0 unspecified atom stereocenters. The first-order chi connectivity index (χ1) is 16.2. The minimum Gasteiger partial charge on any atom is -0.485 e. The van der Waals surface area contributed by atoms with E-state index in [2.05, 4.69) is 4.98 Å². The Balaban J connectivity index is 1.53. The molecule has 6 nitrogen and oxygen atoms in total. The lowest BCUT2D eigenvalue weighted by Gasteiger charge is -2.13. The highest BCUT2D eigenvalue weighted by Crippen LogP contribution is 2.30. The average Bonchev–Trinajstić information content (AvgIpc) is 2.88. The Morgan fingerprint density at radius 3 is 2.03 bits per heavy atom. The van der Waals surface area contributed by atoms with E-state index in [-0.39, 0.29) is 30.3 Å². The predicted molar refractivity (Wildman–Crippen MR) is 122 cm³/mol. The highest BCUT2D eigenvalue weighted by atomic mass is 16.6. The van der Waals surface area contributed by atoms with Crippen molar-refractivity contribution < 1.29 is 23.8 Å². The molecule has 0 fully saturated rings. The number of esters is 2. The first-order valence-electron chi connectivity index (χ1n) is 10.3. The molecule has 1 aromatic heterocycles. The van der Waals surface area contributed by atoms with Gasteiger partial charge < -0.3 is 14.2 Å². The van der Waals surface area contributed by atoms with Crippen molar-refractivity contribution in [2.45, 2.75) is 13.2 Å². The fourth-order valence-electron chi connectivity index (χ4n) is 3.02. The third-order valence-electron chi connectivity index (χ3n) is 4.73. The molecule has 0 saturated heterocycles. The third kappa shape index (κ3) is 6.04. The van der Waals surface area contributed by atoms with Crippen molar-refractivity contribution in [3.63, 3.8) is 0 Å². The average molecular weight is 439 g/mol. The van der Waals surface area contributed by atoms with Gasteiger partial charge in [-0.15, -0.1) is 0 Å². The molecule has 0 amide bonds. The van der Waals surface area contributed by atoms with E-state index in [1.165, 1.54) is 24.4 Å². The Bertz CT molecular complexity index is 1210. The van der Waals surface area contributed by atoms with Gasteiger partial charge in [-0.1, -0.05) is 60.7 Å². The minimum atomic E-state index is -0.577. The fourth-order valence-corrected chi connectivity index (χ4v) is 3.02. The van der Waals surface area contributed by atoms with Gasteiger partial charge >= 0.3 is 11.9 Å². The van der Waals surface area contributed by atoms with Gasteiger partial charge in [-0.05, 0) is 41.5 Å². The molecule has 4 aromatic rings. The maximum absolute atomic E-state index is 12.6. The van der Waals surface area contributed by atoms with E-state index in [9.17, 15) is 9.59 Å². The molecule has 33 heavy (non-hydrogen) atoms. The summed E-state index contributed by atoms with van der Waals surface area (Å²) >= 11 is 0. The Kier molecular flexibility index (Phi) is 7.08. The Morgan fingerprint density at radius 2 is 1.36 bits per heavy atom. The van der Waals surface area contributed by atoms with Crippen LogP contribution >= 0.6 is 0 Å². The van der Waals surface area contributed by atoms with Crippen molar-refractivity contribution in [2.24, 2.45) is 0 Å². The molecule has 0 aliphatic carbocycles. The second kappa shape index (κ2) is 10.7. The van der Waals surface area contributed by atoms with Crippen molar-refractivity contribution in [1.29, 1.82) is 0 Å². The zero-order chi connectivity index (χ0) is 22.9. The number of benzene rings is 3. The maximum Gasteiger partial charge on any atom is 0.345 e. The maximum atomic E-state index is 12.6. The van der Waals surface area contributed by atoms with Gasteiger partial charge in [0.05, 0.1) is 11.1 Å². The Hall–Kier alpha value is -4.45. The van der Waals surface area contributed by atoms with E-state index in [0.717, 1.165) is 11.1 Å². The van der Waals surface area contributed by atoms with Crippen molar-refractivity contribution in [3.8, 4) is 11.5 Å². The number of carbonyl (C=O) groups excluding carboxylic acids is 2. The summed E-state index contributed by atoms with van der Waals surface area (Å²) in [6.45, 7) is 0.387. The molecule has 0 aliphatic rings. The van der Waals surface area contributed by atoms with Crippen LogP contribution in [0.3, 0.4) is 0 Å². The van der Waals surface area contributed by atoms with Crippen LogP contribution in [-0.4, -0.2) is 16.9 Å². The summed E-state index contributed by atoms with van der Waals surface area (Å²) in [4.78, 5) is 29.1. The van der Waals surface area contributed by atoms with E-state index in [0.29, 0.717) is 5.56 Å². The van der Waals surface area contributed by atoms with Crippen LogP contribution in [-0.2, 0) is 18.0 Å². The van der Waals surface area contributed by atoms with Crippen molar-refractivity contribution in [2.75, 3.05) is 0 Å². The van der Waals surface area contributed by atoms with Gasteiger partial charge in [-0.2, -0.15) is 0 Å². The lowest BCUT2D eigenvalue weighted by atomic mass is 10.2. The summed E-state index contributed by atoms with van der Waals surface area (Å²) in [6, 6.07) is 26.8. The van der Waals surface area contributed by atoms with E-state index < -0.39 is 11.9 Å². The monoisotopic (exact) mass is 439 g/mol. The zero-order valence-electron chi connectivity index (χ0n) is 17.7. The second-order valence-corrected chi connectivity index (χ2v) is 7.13. The summed E-state index contributed by atoms with van der Waals surface area (Å²) in [5, 5.41) is 0. The number of nitrogens with zero attached hydrogens (tertiary/aromatic N) is 1. The minimum absolute atomic E-state index is 0.150. The molecular weight excluding hydrogens is 418 g/mol. The van der Waals surface area contributed by atoms with Crippen LogP contribution in [0, 0.1) is 0 Å². The van der Waals surface area contributed by atoms with Crippen LogP contribution in [0.2, 0.25) is 0 Å². The number of ether oxygens (including phenoxy) is 3. The lowest BCUT2D eigenvalue weighted by Crippen LogP contribution is -2.11. The van der Waals surface area contributed by atoms with E-state index in [1.54, 1.807) is 18.3 Å². The molecule has 0 spiro atoms. The number of hydrogen-bond acceptors (Lipinski definition) is 6. The first-order valence-corrected chi connectivity index (χ1v) is 10.3. The van der Waals surface area contributed by atoms with Gasteiger partial charge in [-0.25, -0.2) is 9.59 Å². The summed E-state index contributed by atoms with van der Waals surface area (Å²) in [5.41, 5.74) is 2.40. The van der Waals surface area contributed by atoms with Crippen molar-refractivity contribution >= 4 is 11.9 Å². The van der Waals surface area contributed by atoms with E-state index in [4.69, 9.17) is 14.2 Å². The molecule has 0 bridgehead atoms. The molecule has 3 aromatic carbocycles. The number of carbonyl (C=O) groups is 2. The molecular formula is C27H21NO5. The fraction of sp³-hybridized carbons (Fsp3) is 0.0741. The van der Waals surface area contributed by atoms with Gasteiger partial charge in [-0.3, -0.25) is 4.98 Å². The molecule has 0 N–H and O–H groups in total. The molecule has 6 heteroatoms. The van der Waals surface area contributed by atoms with Gasteiger partial charge in [0.1, 0.15) is 13.2 Å². The molecule has 0 saturated carbocycles. The summed E-state index contributed by atoms with van der Waals surface area (Å²) in [6.07, 6.45) is 2.99. The van der Waals surface area contributed by atoms with Gasteiger partial charge in [0, 0.05) is 12.4 Å². The SMILES string of the molecule is O=C(OCc1ccccc1)c1ccc(OC(=O)c2cccnc2)c(OCc2ccccc2)c1. The van der Waals surface area contributed by atoms with Crippen LogP contribution in [0.4, 0.5) is 0 Å². The standard InChI is InChI=1S/C27H21NO5/c29-26(32-19-21-10-5-2-6-11-21)22-13-14-24(33-27(30)23-12-7-15-28-17-23)25(16-22)31-18-20-8-3-1-4-9-20/h1-17H,18-19H2. The molecule has 0 aliphatic heterocycles. The molecule has 0 radical (unpaired) electrons.